The molecule has 2 atom stereocenters. The fraction of sp³-hybridized carbons (Fsp3) is 1.00. The monoisotopic (exact) mass is 129 g/mol. The molecule has 1 aliphatic heterocycles. The number of rotatable bonds is 3. The predicted molar refractivity (Wildman–Crippen MR) is 37.5 cm³/mol. The molecule has 1 aliphatic rings. The minimum atomic E-state index is 0.532. The Morgan fingerprint density at radius 1 is 1.33 bits per heavy atom. The molecule has 0 aromatic carbocycles. The van der Waals surface area contributed by atoms with Crippen molar-refractivity contribution in [3.05, 3.63) is 0 Å². The molecule has 0 bridgehead atoms. The maximum atomic E-state index is 5.34. The summed E-state index contributed by atoms with van der Waals surface area (Å²) in [6.07, 6.45) is 2.26. The highest BCUT2D eigenvalue weighted by Crippen LogP contribution is 2.24. The Labute approximate surface area is 56.8 Å². The van der Waals surface area contributed by atoms with E-state index in [1.165, 1.54) is 6.42 Å². The number of hydrogen-bond acceptors (Lipinski definition) is 2. The minimum absolute atomic E-state index is 0.532. The summed E-state index contributed by atoms with van der Waals surface area (Å²) in [6, 6.07) is 0. The highest BCUT2D eigenvalue weighted by atomic mass is 16.6. The van der Waals surface area contributed by atoms with Crippen LogP contribution in [-0.2, 0) is 4.74 Å². The first kappa shape index (κ1) is 7.03. The zero-order valence-corrected chi connectivity index (χ0v) is 6.42. The van der Waals surface area contributed by atoms with Crippen molar-refractivity contribution >= 4 is 0 Å². The van der Waals surface area contributed by atoms with Crippen molar-refractivity contribution in [1.29, 1.82) is 0 Å². The van der Waals surface area contributed by atoms with E-state index in [0.29, 0.717) is 12.2 Å². The number of likely N-dealkylation sites (N-methyl/N-ethyl adjacent to an activating group) is 1. The SMILES string of the molecule is CCC1OC1CN(C)C. The zero-order chi connectivity index (χ0) is 6.85. The number of hydrogen-bond donors (Lipinski definition) is 0. The molecule has 1 saturated heterocycles. The van der Waals surface area contributed by atoms with Gasteiger partial charge < -0.3 is 9.64 Å². The van der Waals surface area contributed by atoms with Crippen LogP contribution in [0.15, 0.2) is 0 Å². The van der Waals surface area contributed by atoms with Crippen LogP contribution in [0.1, 0.15) is 13.3 Å². The summed E-state index contributed by atoms with van der Waals surface area (Å²) in [4.78, 5) is 2.17. The zero-order valence-electron chi connectivity index (χ0n) is 6.42. The van der Waals surface area contributed by atoms with Gasteiger partial charge in [0.1, 0.15) is 0 Å². The lowest BCUT2D eigenvalue weighted by molar-refractivity contribution is 0.312. The summed E-state index contributed by atoms with van der Waals surface area (Å²) in [5, 5.41) is 0. The van der Waals surface area contributed by atoms with E-state index >= 15 is 0 Å². The fourth-order valence-corrected chi connectivity index (χ4v) is 1.06. The van der Waals surface area contributed by atoms with Gasteiger partial charge >= 0.3 is 0 Å². The topological polar surface area (TPSA) is 15.8 Å². The average molecular weight is 129 g/mol. The van der Waals surface area contributed by atoms with Gasteiger partial charge in [-0.05, 0) is 20.5 Å². The second kappa shape index (κ2) is 2.67. The first-order chi connectivity index (χ1) is 4.24. The molecule has 1 rings (SSSR count). The third kappa shape index (κ3) is 1.95. The second-order valence-electron chi connectivity index (χ2n) is 2.88. The van der Waals surface area contributed by atoms with Gasteiger partial charge in [0.2, 0.25) is 0 Å². The van der Waals surface area contributed by atoms with Crippen LogP contribution in [-0.4, -0.2) is 37.7 Å². The Hall–Kier alpha value is -0.0800. The van der Waals surface area contributed by atoms with Crippen LogP contribution in [0.5, 0.6) is 0 Å². The Morgan fingerprint density at radius 2 is 2.00 bits per heavy atom. The molecule has 0 aromatic rings. The van der Waals surface area contributed by atoms with Crippen LogP contribution in [0.4, 0.5) is 0 Å². The minimum Gasteiger partial charge on any atom is -0.368 e. The molecule has 0 radical (unpaired) electrons. The van der Waals surface area contributed by atoms with Crippen LogP contribution in [0.25, 0.3) is 0 Å². The summed E-state index contributed by atoms with van der Waals surface area (Å²) >= 11 is 0. The first-order valence-corrected chi connectivity index (χ1v) is 3.54. The third-order valence-electron chi connectivity index (χ3n) is 1.64. The Bertz CT molecular complexity index is 92.9. The van der Waals surface area contributed by atoms with Crippen molar-refractivity contribution in [2.75, 3.05) is 20.6 Å². The number of epoxide rings is 1. The lowest BCUT2D eigenvalue weighted by Gasteiger charge is -2.04. The molecule has 9 heavy (non-hydrogen) atoms. The van der Waals surface area contributed by atoms with Crippen molar-refractivity contribution in [2.45, 2.75) is 25.6 Å². The standard InChI is InChI=1S/C7H15NO/c1-4-6-7(9-6)5-8(2)3/h6-7H,4-5H2,1-3H3. The van der Waals surface area contributed by atoms with E-state index in [2.05, 4.69) is 25.9 Å². The van der Waals surface area contributed by atoms with E-state index in [-0.39, 0.29) is 0 Å². The maximum absolute atomic E-state index is 5.34. The molecule has 0 saturated carbocycles. The molecule has 0 aromatic heterocycles. The molecular weight excluding hydrogens is 114 g/mol. The van der Waals surface area contributed by atoms with Gasteiger partial charge in [-0.1, -0.05) is 6.92 Å². The highest BCUT2D eigenvalue weighted by molar-refractivity contribution is 4.84. The van der Waals surface area contributed by atoms with Crippen LogP contribution in [0, 0.1) is 0 Å². The van der Waals surface area contributed by atoms with Crippen LogP contribution >= 0.6 is 0 Å². The van der Waals surface area contributed by atoms with Gasteiger partial charge in [-0.3, -0.25) is 0 Å². The number of nitrogens with zero attached hydrogens (tertiary/aromatic N) is 1. The Balaban J connectivity index is 2.05. The van der Waals surface area contributed by atoms with Gasteiger partial charge in [0, 0.05) is 6.54 Å². The molecule has 2 unspecified atom stereocenters. The molecular formula is C7H15NO. The van der Waals surface area contributed by atoms with Gasteiger partial charge in [-0.2, -0.15) is 0 Å². The first-order valence-electron chi connectivity index (χ1n) is 3.54. The average Bonchev–Trinajstić information content (AvgIpc) is 2.45. The third-order valence-corrected chi connectivity index (χ3v) is 1.64. The fourth-order valence-electron chi connectivity index (χ4n) is 1.06. The van der Waals surface area contributed by atoms with Gasteiger partial charge in [0.15, 0.2) is 0 Å². The van der Waals surface area contributed by atoms with Crippen molar-refractivity contribution < 1.29 is 4.74 Å². The predicted octanol–water partition coefficient (Wildman–Crippen LogP) is 0.725. The molecule has 54 valence electrons. The Kier molecular flexibility index (Phi) is 2.09. The van der Waals surface area contributed by atoms with Crippen LogP contribution in [0.2, 0.25) is 0 Å². The molecule has 2 nitrogen and oxygen atoms in total. The lowest BCUT2D eigenvalue weighted by Crippen LogP contribution is -2.18. The molecule has 0 spiro atoms. The summed E-state index contributed by atoms with van der Waals surface area (Å²) < 4.78 is 5.34. The van der Waals surface area contributed by atoms with E-state index in [1.54, 1.807) is 0 Å². The quantitative estimate of drug-likeness (QED) is 0.522. The van der Waals surface area contributed by atoms with Crippen molar-refractivity contribution in [3.8, 4) is 0 Å². The van der Waals surface area contributed by atoms with Crippen molar-refractivity contribution in [1.82, 2.24) is 4.90 Å². The van der Waals surface area contributed by atoms with Crippen molar-refractivity contribution in [3.63, 3.8) is 0 Å². The molecule has 1 heterocycles. The van der Waals surface area contributed by atoms with Gasteiger partial charge in [-0.15, -0.1) is 0 Å². The lowest BCUT2D eigenvalue weighted by atomic mass is 10.2. The van der Waals surface area contributed by atoms with E-state index in [4.69, 9.17) is 4.74 Å². The van der Waals surface area contributed by atoms with Gasteiger partial charge in [0.05, 0.1) is 12.2 Å². The number of ether oxygens (including phenoxy) is 1. The molecule has 2 heteroatoms. The second-order valence-corrected chi connectivity index (χ2v) is 2.88. The van der Waals surface area contributed by atoms with E-state index in [9.17, 15) is 0 Å². The van der Waals surface area contributed by atoms with Crippen molar-refractivity contribution in [2.24, 2.45) is 0 Å². The summed E-state index contributed by atoms with van der Waals surface area (Å²) in [5.41, 5.74) is 0. The van der Waals surface area contributed by atoms with E-state index in [0.717, 1.165) is 6.54 Å². The van der Waals surface area contributed by atoms with Crippen LogP contribution in [0.3, 0.4) is 0 Å². The maximum Gasteiger partial charge on any atom is 0.0968 e. The largest absolute Gasteiger partial charge is 0.368 e. The molecule has 0 amide bonds. The molecule has 0 aliphatic carbocycles. The van der Waals surface area contributed by atoms with E-state index in [1.807, 2.05) is 0 Å². The van der Waals surface area contributed by atoms with Crippen LogP contribution < -0.4 is 0 Å². The Morgan fingerprint density at radius 3 is 2.33 bits per heavy atom. The highest BCUT2D eigenvalue weighted by Gasteiger charge is 2.36. The smallest absolute Gasteiger partial charge is 0.0968 e. The summed E-state index contributed by atoms with van der Waals surface area (Å²) in [7, 11) is 4.16. The van der Waals surface area contributed by atoms with E-state index < -0.39 is 0 Å². The normalized spacial score (nSPS) is 33.3. The molecule has 0 N–H and O–H groups in total. The van der Waals surface area contributed by atoms with Gasteiger partial charge in [-0.25, -0.2) is 0 Å². The summed E-state index contributed by atoms with van der Waals surface area (Å²) in [5.74, 6) is 0. The summed E-state index contributed by atoms with van der Waals surface area (Å²) in [6.45, 7) is 3.25. The van der Waals surface area contributed by atoms with Gasteiger partial charge in [0.25, 0.3) is 0 Å². The molecule has 1 fully saturated rings.